The molecule has 1 aromatic heterocycles. The van der Waals surface area contributed by atoms with Gasteiger partial charge in [-0.15, -0.1) is 0 Å². The Balaban J connectivity index is 2.43. The highest BCUT2D eigenvalue weighted by Gasteiger charge is 2.12. The molecule has 0 amide bonds. The molecule has 2 rings (SSSR count). The highest BCUT2D eigenvalue weighted by Crippen LogP contribution is 2.21. The van der Waals surface area contributed by atoms with E-state index in [0.717, 1.165) is 4.09 Å². The standard InChI is InChI=1S/C11H12N2O3S/c1-2-17(15,16)13-7-6-11(12-13)9-4-3-5-10(14)8-9/h3-8,14H,2H2,1H3. The number of phenolic OH excluding ortho intramolecular Hbond substituents is 1. The minimum Gasteiger partial charge on any atom is -0.508 e. The van der Waals surface area contributed by atoms with Gasteiger partial charge in [0.2, 0.25) is 0 Å². The van der Waals surface area contributed by atoms with Crippen molar-refractivity contribution in [2.45, 2.75) is 6.92 Å². The summed E-state index contributed by atoms with van der Waals surface area (Å²) >= 11 is 0. The van der Waals surface area contributed by atoms with Gasteiger partial charge >= 0.3 is 0 Å². The molecule has 0 fully saturated rings. The Morgan fingerprint density at radius 1 is 1.35 bits per heavy atom. The van der Waals surface area contributed by atoms with Crippen LogP contribution < -0.4 is 0 Å². The first-order valence-electron chi connectivity index (χ1n) is 5.11. The van der Waals surface area contributed by atoms with Crippen LogP contribution in [0.15, 0.2) is 36.5 Å². The van der Waals surface area contributed by atoms with Gasteiger partial charge < -0.3 is 5.11 Å². The summed E-state index contributed by atoms with van der Waals surface area (Å²) in [5.74, 6) is 0.115. The van der Waals surface area contributed by atoms with Crippen LogP contribution in [0, 0.1) is 0 Å². The quantitative estimate of drug-likeness (QED) is 0.897. The van der Waals surface area contributed by atoms with E-state index in [9.17, 15) is 13.5 Å². The van der Waals surface area contributed by atoms with Crippen molar-refractivity contribution in [3.8, 4) is 17.0 Å². The van der Waals surface area contributed by atoms with Crippen LogP contribution in [0.5, 0.6) is 5.75 Å². The Labute approximate surface area is 99.4 Å². The van der Waals surface area contributed by atoms with Gasteiger partial charge in [-0.1, -0.05) is 12.1 Å². The van der Waals surface area contributed by atoms with Crippen molar-refractivity contribution in [2.75, 3.05) is 5.75 Å². The third-order valence-electron chi connectivity index (χ3n) is 2.36. The molecule has 1 heterocycles. The molecule has 2 aromatic rings. The summed E-state index contributed by atoms with van der Waals surface area (Å²) in [6.07, 6.45) is 1.40. The molecule has 0 unspecified atom stereocenters. The fourth-order valence-electron chi connectivity index (χ4n) is 1.41. The van der Waals surface area contributed by atoms with Crippen LogP contribution in [0.3, 0.4) is 0 Å². The lowest BCUT2D eigenvalue weighted by molar-refractivity contribution is 0.475. The number of hydrogen-bond acceptors (Lipinski definition) is 4. The zero-order chi connectivity index (χ0) is 12.5. The Bertz CT molecular complexity index is 632. The Morgan fingerprint density at radius 2 is 2.12 bits per heavy atom. The number of hydrogen-bond donors (Lipinski definition) is 1. The van der Waals surface area contributed by atoms with Crippen LogP contribution in [-0.4, -0.2) is 28.5 Å². The van der Waals surface area contributed by atoms with Crippen molar-refractivity contribution in [3.63, 3.8) is 0 Å². The molecule has 0 spiro atoms. The molecule has 0 saturated carbocycles. The molecule has 0 aliphatic heterocycles. The van der Waals surface area contributed by atoms with Gasteiger partial charge in [0.05, 0.1) is 11.4 Å². The molecule has 0 saturated heterocycles. The van der Waals surface area contributed by atoms with Gasteiger partial charge in [-0.25, -0.2) is 8.42 Å². The van der Waals surface area contributed by atoms with E-state index in [-0.39, 0.29) is 11.5 Å². The zero-order valence-electron chi connectivity index (χ0n) is 9.24. The minimum atomic E-state index is -3.35. The van der Waals surface area contributed by atoms with Gasteiger partial charge in [-0.2, -0.15) is 9.19 Å². The van der Waals surface area contributed by atoms with Gasteiger partial charge in [-0.05, 0) is 25.1 Å². The van der Waals surface area contributed by atoms with Crippen LogP contribution in [0.25, 0.3) is 11.3 Å². The van der Waals surface area contributed by atoms with Gasteiger partial charge in [0.15, 0.2) is 0 Å². The first-order chi connectivity index (χ1) is 8.03. The van der Waals surface area contributed by atoms with Crippen LogP contribution in [0.1, 0.15) is 6.92 Å². The van der Waals surface area contributed by atoms with E-state index in [4.69, 9.17) is 0 Å². The number of benzene rings is 1. The molecule has 5 nitrogen and oxygen atoms in total. The summed E-state index contributed by atoms with van der Waals surface area (Å²) in [6, 6.07) is 8.11. The maximum Gasteiger partial charge on any atom is 0.253 e. The average Bonchev–Trinajstić information content (AvgIpc) is 2.79. The normalized spacial score (nSPS) is 11.6. The molecule has 0 aliphatic rings. The van der Waals surface area contributed by atoms with E-state index in [1.165, 1.54) is 12.3 Å². The van der Waals surface area contributed by atoms with Crippen molar-refractivity contribution >= 4 is 10.0 Å². The maximum atomic E-state index is 11.6. The van der Waals surface area contributed by atoms with Crippen LogP contribution in [0.4, 0.5) is 0 Å². The lowest BCUT2D eigenvalue weighted by Crippen LogP contribution is -2.15. The van der Waals surface area contributed by atoms with E-state index in [2.05, 4.69) is 5.10 Å². The van der Waals surface area contributed by atoms with Crippen molar-refractivity contribution in [1.82, 2.24) is 9.19 Å². The summed E-state index contributed by atoms with van der Waals surface area (Å²) in [6.45, 7) is 1.56. The number of rotatable bonds is 3. The number of nitrogens with zero attached hydrogens (tertiary/aromatic N) is 2. The van der Waals surface area contributed by atoms with Crippen LogP contribution in [-0.2, 0) is 10.0 Å². The average molecular weight is 252 g/mol. The molecule has 1 N–H and O–H groups in total. The topological polar surface area (TPSA) is 72.2 Å². The lowest BCUT2D eigenvalue weighted by atomic mass is 10.1. The fourth-order valence-corrected chi connectivity index (χ4v) is 2.14. The van der Waals surface area contributed by atoms with E-state index >= 15 is 0 Å². The summed E-state index contributed by atoms with van der Waals surface area (Å²) in [7, 11) is -3.35. The van der Waals surface area contributed by atoms with Crippen molar-refractivity contribution < 1.29 is 13.5 Å². The maximum absolute atomic E-state index is 11.6. The summed E-state index contributed by atoms with van der Waals surface area (Å²) in [5.41, 5.74) is 1.19. The van der Waals surface area contributed by atoms with E-state index < -0.39 is 10.0 Å². The number of aromatic nitrogens is 2. The second-order valence-electron chi connectivity index (χ2n) is 3.52. The third kappa shape index (κ3) is 2.31. The van der Waals surface area contributed by atoms with Crippen LogP contribution >= 0.6 is 0 Å². The smallest absolute Gasteiger partial charge is 0.253 e. The third-order valence-corrected chi connectivity index (χ3v) is 3.86. The Hall–Kier alpha value is -1.82. The van der Waals surface area contributed by atoms with Crippen molar-refractivity contribution in [1.29, 1.82) is 0 Å². The van der Waals surface area contributed by atoms with Crippen molar-refractivity contribution in [2.24, 2.45) is 0 Å². The first kappa shape index (κ1) is 11.7. The Morgan fingerprint density at radius 3 is 2.76 bits per heavy atom. The highest BCUT2D eigenvalue weighted by atomic mass is 32.2. The van der Waals surface area contributed by atoms with Crippen LogP contribution in [0.2, 0.25) is 0 Å². The molecule has 1 aromatic carbocycles. The van der Waals surface area contributed by atoms with Gasteiger partial charge in [-0.3, -0.25) is 0 Å². The van der Waals surface area contributed by atoms with Gasteiger partial charge in [0.1, 0.15) is 5.75 Å². The second-order valence-corrected chi connectivity index (χ2v) is 5.64. The number of aromatic hydroxyl groups is 1. The molecule has 17 heavy (non-hydrogen) atoms. The summed E-state index contributed by atoms with van der Waals surface area (Å²) < 4.78 is 24.1. The minimum absolute atomic E-state index is 0.00579. The highest BCUT2D eigenvalue weighted by molar-refractivity contribution is 7.89. The zero-order valence-corrected chi connectivity index (χ0v) is 10.1. The molecule has 0 atom stereocenters. The van der Waals surface area contributed by atoms with Gasteiger partial charge in [0, 0.05) is 11.8 Å². The molecular weight excluding hydrogens is 240 g/mol. The number of phenols is 1. The Kier molecular flexibility index (Phi) is 2.89. The predicted octanol–water partition coefficient (Wildman–Crippen LogP) is 1.45. The second kappa shape index (κ2) is 4.21. The largest absolute Gasteiger partial charge is 0.508 e. The summed E-state index contributed by atoms with van der Waals surface area (Å²) in [4.78, 5) is 0. The molecule has 90 valence electrons. The SMILES string of the molecule is CCS(=O)(=O)n1ccc(-c2cccc(O)c2)n1. The predicted molar refractivity (Wildman–Crippen MR) is 64.2 cm³/mol. The van der Waals surface area contributed by atoms with E-state index in [1.807, 2.05) is 0 Å². The molecule has 0 bridgehead atoms. The molecule has 0 aliphatic carbocycles. The fraction of sp³-hybridized carbons (Fsp3) is 0.182. The van der Waals surface area contributed by atoms with E-state index in [0.29, 0.717) is 11.3 Å². The summed E-state index contributed by atoms with van der Waals surface area (Å²) in [5, 5.41) is 13.3. The van der Waals surface area contributed by atoms with E-state index in [1.54, 1.807) is 31.2 Å². The first-order valence-corrected chi connectivity index (χ1v) is 6.72. The molecule has 6 heteroatoms. The van der Waals surface area contributed by atoms with Crippen molar-refractivity contribution in [3.05, 3.63) is 36.5 Å². The lowest BCUT2D eigenvalue weighted by Gasteiger charge is -2.00. The molecule has 0 radical (unpaired) electrons. The monoisotopic (exact) mass is 252 g/mol. The van der Waals surface area contributed by atoms with Gasteiger partial charge in [0.25, 0.3) is 10.0 Å². The molecular formula is C11H12N2O3S.